The number of nitrogens with zero attached hydrogens (tertiary/aromatic N) is 2. The monoisotopic (exact) mass is 237 g/mol. The quantitative estimate of drug-likeness (QED) is 0.885. The minimum Gasteiger partial charge on any atom is -0.486 e. The standard InChI is InChI=1S/C11H9F2N3O/c12-9-2-1-8(3-10(9)13)17-6-11-15-4-7(14)5-16-11/h1-5H,6,14H2. The highest BCUT2D eigenvalue weighted by Crippen LogP contribution is 2.16. The number of aromatic nitrogens is 2. The largest absolute Gasteiger partial charge is 0.486 e. The van der Waals surface area contributed by atoms with E-state index >= 15 is 0 Å². The minimum atomic E-state index is -0.958. The predicted octanol–water partition coefficient (Wildman–Crippen LogP) is 1.92. The lowest BCUT2D eigenvalue weighted by atomic mass is 10.3. The Labute approximate surface area is 96.1 Å². The number of benzene rings is 1. The van der Waals surface area contributed by atoms with E-state index in [2.05, 4.69) is 9.97 Å². The van der Waals surface area contributed by atoms with Gasteiger partial charge in [-0.2, -0.15) is 0 Å². The molecule has 0 saturated heterocycles. The van der Waals surface area contributed by atoms with Gasteiger partial charge in [0.05, 0.1) is 18.1 Å². The third-order valence-electron chi connectivity index (χ3n) is 1.98. The van der Waals surface area contributed by atoms with Gasteiger partial charge in [0.2, 0.25) is 0 Å². The second-order valence-electron chi connectivity index (χ2n) is 3.30. The Bertz CT molecular complexity index is 517. The summed E-state index contributed by atoms with van der Waals surface area (Å²) in [5, 5.41) is 0. The van der Waals surface area contributed by atoms with E-state index in [1.165, 1.54) is 18.5 Å². The molecule has 1 heterocycles. The summed E-state index contributed by atoms with van der Waals surface area (Å²) >= 11 is 0. The van der Waals surface area contributed by atoms with Crippen LogP contribution in [0.3, 0.4) is 0 Å². The minimum absolute atomic E-state index is 0.0609. The number of hydrogen-bond acceptors (Lipinski definition) is 4. The van der Waals surface area contributed by atoms with Crippen molar-refractivity contribution in [3.05, 3.63) is 48.1 Å². The van der Waals surface area contributed by atoms with Gasteiger partial charge in [-0.25, -0.2) is 18.7 Å². The van der Waals surface area contributed by atoms with Crippen molar-refractivity contribution in [2.24, 2.45) is 0 Å². The molecule has 0 fully saturated rings. The van der Waals surface area contributed by atoms with Crippen LogP contribution in [0.2, 0.25) is 0 Å². The molecular weight excluding hydrogens is 228 g/mol. The summed E-state index contributed by atoms with van der Waals surface area (Å²) in [4.78, 5) is 7.81. The molecule has 0 unspecified atom stereocenters. The molecule has 88 valence electrons. The first-order chi connectivity index (χ1) is 8.15. The maximum absolute atomic E-state index is 12.9. The second-order valence-corrected chi connectivity index (χ2v) is 3.30. The number of nitrogen functional groups attached to an aromatic ring is 1. The van der Waals surface area contributed by atoms with Crippen LogP contribution in [-0.4, -0.2) is 9.97 Å². The lowest BCUT2D eigenvalue weighted by molar-refractivity contribution is 0.293. The molecule has 0 aliphatic carbocycles. The number of halogens is 2. The Kier molecular flexibility index (Phi) is 3.13. The number of nitrogens with two attached hydrogens (primary N) is 1. The molecule has 0 saturated carbocycles. The first kappa shape index (κ1) is 11.3. The molecule has 2 rings (SSSR count). The van der Waals surface area contributed by atoms with Gasteiger partial charge in [0, 0.05) is 6.07 Å². The average molecular weight is 237 g/mol. The van der Waals surface area contributed by atoms with Gasteiger partial charge in [-0.1, -0.05) is 0 Å². The van der Waals surface area contributed by atoms with E-state index in [4.69, 9.17) is 10.5 Å². The highest BCUT2D eigenvalue weighted by atomic mass is 19.2. The van der Waals surface area contributed by atoms with Crippen molar-refractivity contribution in [3.8, 4) is 5.75 Å². The van der Waals surface area contributed by atoms with Crippen LogP contribution in [0.4, 0.5) is 14.5 Å². The smallest absolute Gasteiger partial charge is 0.166 e. The Morgan fingerprint density at radius 3 is 2.47 bits per heavy atom. The molecule has 0 spiro atoms. The number of rotatable bonds is 3. The molecule has 0 radical (unpaired) electrons. The average Bonchev–Trinajstić information content (AvgIpc) is 2.33. The highest BCUT2D eigenvalue weighted by Gasteiger charge is 2.04. The second kappa shape index (κ2) is 4.73. The van der Waals surface area contributed by atoms with E-state index in [9.17, 15) is 8.78 Å². The zero-order valence-corrected chi connectivity index (χ0v) is 8.73. The fourth-order valence-electron chi connectivity index (χ4n) is 1.15. The van der Waals surface area contributed by atoms with Crippen LogP contribution in [0, 0.1) is 11.6 Å². The topological polar surface area (TPSA) is 61.0 Å². The lowest BCUT2D eigenvalue weighted by Gasteiger charge is -2.05. The van der Waals surface area contributed by atoms with E-state index < -0.39 is 11.6 Å². The molecule has 0 aliphatic heterocycles. The van der Waals surface area contributed by atoms with Crippen LogP contribution in [0.25, 0.3) is 0 Å². The van der Waals surface area contributed by atoms with Gasteiger partial charge in [-0.05, 0) is 12.1 Å². The number of ether oxygens (including phenoxy) is 1. The van der Waals surface area contributed by atoms with Crippen LogP contribution < -0.4 is 10.5 Å². The van der Waals surface area contributed by atoms with Crippen LogP contribution in [-0.2, 0) is 6.61 Å². The molecule has 2 N–H and O–H groups in total. The van der Waals surface area contributed by atoms with Gasteiger partial charge >= 0.3 is 0 Å². The van der Waals surface area contributed by atoms with E-state index in [1.807, 2.05) is 0 Å². The van der Waals surface area contributed by atoms with E-state index in [-0.39, 0.29) is 12.4 Å². The first-order valence-corrected chi connectivity index (χ1v) is 4.79. The van der Waals surface area contributed by atoms with Gasteiger partial charge < -0.3 is 10.5 Å². The maximum atomic E-state index is 12.9. The van der Waals surface area contributed by atoms with Crippen molar-refractivity contribution in [1.82, 2.24) is 9.97 Å². The Morgan fingerprint density at radius 2 is 1.82 bits per heavy atom. The van der Waals surface area contributed by atoms with Crippen LogP contribution in [0.15, 0.2) is 30.6 Å². The Balaban J connectivity index is 2.02. The summed E-state index contributed by atoms with van der Waals surface area (Å²) in [5.41, 5.74) is 5.86. The molecule has 1 aromatic heterocycles. The highest BCUT2D eigenvalue weighted by molar-refractivity contribution is 5.30. The van der Waals surface area contributed by atoms with Crippen molar-refractivity contribution < 1.29 is 13.5 Å². The molecule has 0 bridgehead atoms. The molecular formula is C11H9F2N3O. The molecule has 2 aromatic rings. The van der Waals surface area contributed by atoms with Gasteiger partial charge in [0.25, 0.3) is 0 Å². The van der Waals surface area contributed by atoms with Crippen LogP contribution in [0.5, 0.6) is 5.75 Å². The Hall–Kier alpha value is -2.24. The molecule has 1 aromatic carbocycles. The van der Waals surface area contributed by atoms with Gasteiger partial charge in [0.1, 0.15) is 12.4 Å². The van der Waals surface area contributed by atoms with Crippen molar-refractivity contribution in [3.63, 3.8) is 0 Å². The lowest BCUT2D eigenvalue weighted by Crippen LogP contribution is -2.02. The van der Waals surface area contributed by atoms with E-state index in [0.29, 0.717) is 11.5 Å². The SMILES string of the molecule is Nc1cnc(COc2ccc(F)c(F)c2)nc1. The summed E-state index contributed by atoms with van der Waals surface area (Å²) in [7, 11) is 0. The fraction of sp³-hybridized carbons (Fsp3) is 0.0909. The third kappa shape index (κ3) is 2.87. The zero-order valence-electron chi connectivity index (χ0n) is 8.73. The van der Waals surface area contributed by atoms with Crippen molar-refractivity contribution in [2.75, 3.05) is 5.73 Å². The molecule has 0 amide bonds. The van der Waals surface area contributed by atoms with Crippen LogP contribution in [0.1, 0.15) is 5.82 Å². The summed E-state index contributed by atoms with van der Waals surface area (Å²) in [6, 6.07) is 3.29. The van der Waals surface area contributed by atoms with Gasteiger partial charge in [-0.15, -0.1) is 0 Å². The summed E-state index contributed by atoms with van der Waals surface area (Å²) < 4.78 is 30.7. The predicted molar refractivity (Wildman–Crippen MR) is 57.1 cm³/mol. The summed E-state index contributed by atoms with van der Waals surface area (Å²) in [6.07, 6.45) is 2.88. The fourth-order valence-corrected chi connectivity index (χ4v) is 1.15. The van der Waals surface area contributed by atoms with Gasteiger partial charge in [0.15, 0.2) is 17.5 Å². The summed E-state index contributed by atoms with van der Waals surface area (Å²) in [6.45, 7) is 0.0609. The molecule has 6 heteroatoms. The van der Waals surface area contributed by atoms with Gasteiger partial charge in [-0.3, -0.25) is 0 Å². The summed E-state index contributed by atoms with van der Waals surface area (Å²) in [5.74, 6) is -1.25. The molecule has 0 aliphatic rings. The van der Waals surface area contributed by atoms with Crippen LogP contribution >= 0.6 is 0 Å². The van der Waals surface area contributed by atoms with Crippen molar-refractivity contribution in [2.45, 2.75) is 6.61 Å². The molecule has 0 atom stereocenters. The first-order valence-electron chi connectivity index (χ1n) is 4.79. The molecule has 17 heavy (non-hydrogen) atoms. The van der Waals surface area contributed by atoms with Crippen molar-refractivity contribution in [1.29, 1.82) is 0 Å². The number of hydrogen-bond donors (Lipinski definition) is 1. The van der Waals surface area contributed by atoms with E-state index in [1.54, 1.807) is 0 Å². The molecule has 4 nitrogen and oxygen atoms in total. The zero-order chi connectivity index (χ0) is 12.3. The van der Waals surface area contributed by atoms with Crippen molar-refractivity contribution >= 4 is 5.69 Å². The Morgan fingerprint density at radius 1 is 1.12 bits per heavy atom. The normalized spacial score (nSPS) is 10.2. The maximum Gasteiger partial charge on any atom is 0.166 e. The van der Waals surface area contributed by atoms with E-state index in [0.717, 1.165) is 12.1 Å². The number of anilines is 1. The third-order valence-corrected chi connectivity index (χ3v) is 1.98.